The standard InChI is InChI=1S/C18H17FN2O5/c19-13-9-11(21-17(22)15-6-7-16(26-15)18(23)24)4-5-14(13)25-10-12-3-1-2-8-20-12/h1-5,8-9,15-16H,6-7,10H2,(H,21,22)(H,23,24)/t15-,16+/m0/s1. The highest BCUT2D eigenvalue weighted by Gasteiger charge is 2.34. The van der Waals surface area contributed by atoms with Gasteiger partial charge in [-0.25, -0.2) is 9.18 Å². The number of pyridine rings is 1. The highest BCUT2D eigenvalue weighted by molar-refractivity contribution is 5.94. The summed E-state index contributed by atoms with van der Waals surface area (Å²) in [7, 11) is 0. The van der Waals surface area contributed by atoms with Crippen LogP contribution in [-0.4, -0.2) is 34.2 Å². The predicted octanol–water partition coefficient (Wildman–Crippen LogP) is 2.37. The molecule has 1 aliphatic heterocycles. The lowest BCUT2D eigenvalue weighted by Crippen LogP contribution is -2.29. The Labute approximate surface area is 148 Å². The number of aromatic nitrogens is 1. The van der Waals surface area contributed by atoms with Crippen LogP contribution in [0.5, 0.6) is 5.75 Å². The number of hydrogen-bond donors (Lipinski definition) is 2. The van der Waals surface area contributed by atoms with Gasteiger partial charge in [-0.3, -0.25) is 9.78 Å². The normalized spacial score (nSPS) is 19.1. The second-order valence-electron chi connectivity index (χ2n) is 5.77. The molecule has 0 unspecified atom stereocenters. The van der Waals surface area contributed by atoms with Gasteiger partial charge in [0.05, 0.1) is 5.69 Å². The number of carbonyl (C=O) groups is 2. The molecule has 2 aromatic rings. The fraction of sp³-hybridized carbons (Fsp3) is 0.278. The number of ether oxygens (including phenoxy) is 2. The largest absolute Gasteiger partial charge is 0.484 e. The molecule has 3 rings (SSSR count). The van der Waals surface area contributed by atoms with Crippen molar-refractivity contribution in [3.8, 4) is 5.75 Å². The highest BCUT2D eigenvalue weighted by atomic mass is 19.1. The first-order chi connectivity index (χ1) is 12.5. The molecule has 0 saturated carbocycles. The lowest BCUT2D eigenvalue weighted by atomic mass is 10.2. The van der Waals surface area contributed by atoms with E-state index in [0.717, 1.165) is 6.07 Å². The van der Waals surface area contributed by atoms with E-state index < -0.39 is 29.9 Å². The van der Waals surface area contributed by atoms with Crippen LogP contribution in [0.4, 0.5) is 10.1 Å². The Morgan fingerprint density at radius 2 is 2.08 bits per heavy atom. The second kappa shape index (κ2) is 7.92. The summed E-state index contributed by atoms with van der Waals surface area (Å²) < 4.78 is 24.7. The number of nitrogens with one attached hydrogen (secondary N) is 1. The van der Waals surface area contributed by atoms with Gasteiger partial charge in [-0.15, -0.1) is 0 Å². The molecule has 2 N–H and O–H groups in total. The summed E-state index contributed by atoms with van der Waals surface area (Å²) in [6.45, 7) is 0.121. The van der Waals surface area contributed by atoms with Gasteiger partial charge in [-0.05, 0) is 37.1 Å². The fourth-order valence-corrected chi connectivity index (χ4v) is 2.57. The van der Waals surface area contributed by atoms with Crippen LogP contribution >= 0.6 is 0 Å². The number of carbonyl (C=O) groups excluding carboxylic acids is 1. The molecule has 2 atom stereocenters. The van der Waals surface area contributed by atoms with Crippen molar-refractivity contribution in [3.63, 3.8) is 0 Å². The number of nitrogens with zero attached hydrogens (tertiary/aromatic N) is 1. The molecule has 1 aliphatic rings. The minimum absolute atomic E-state index is 0.0386. The summed E-state index contributed by atoms with van der Waals surface area (Å²) in [6.07, 6.45) is 0.343. The van der Waals surface area contributed by atoms with Crippen molar-refractivity contribution in [3.05, 3.63) is 54.1 Å². The smallest absolute Gasteiger partial charge is 0.332 e. The van der Waals surface area contributed by atoms with Gasteiger partial charge in [-0.2, -0.15) is 0 Å². The van der Waals surface area contributed by atoms with Gasteiger partial charge in [0, 0.05) is 18.0 Å². The molecule has 0 spiro atoms. The molecule has 0 aliphatic carbocycles. The van der Waals surface area contributed by atoms with Gasteiger partial charge in [0.15, 0.2) is 17.7 Å². The van der Waals surface area contributed by atoms with Crippen LogP contribution < -0.4 is 10.1 Å². The first-order valence-electron chi connectivity index (χ1n) is 8.04. The number of benzene rings is 1. The van der Waals surface area contributed by atoms with E-state index in [1.54, 1.807) is 24.4 Å². The van der Waals surface area contributed by atoms with E-state index in [1.807, 2.05) is 0 Å². The molecule has 0 bridgehead atoms. The maximum atomic E-state index is 14.1. The summed E-state index contributed by atoms with van der Waals surface area (Å²) in [5, 5.41) is 11.4. The van der Waals surface area contributed by atoms with Crippen molar-refractivity contribution in [2.24, 2.45) is 0 Å². The van der Waals surface area contributed by atoms with Crippen molar-refractivity contribution < 1.29 is 28.6 Å². The lowest BCUT2D eigenvalue weighted by Gasteiger charge is -2.13. The summed E-state index contributed by atoms with van der Waals surface area (Å²) in [5.74, 6) is -2.19. The molecule has 136 valence electrons. The number of carboxylic acid groups (broad SMARTS) is 1. The number of anilines is 1. The molecule has 26 heavy (non-hydrogen) atoms. The molecule has 2 heterocycles. The molecule has 1 aromatic carbocycles. The van der Waals surface area contributed by atoms with E-state index in [2.05, 4.69) is 10.3 Å². The Hall–Kier alpha value is -3.00. The SMILES string of the molecule is O=C(Nc1ccc(OCc2ccccn2)c(F)c1)[C@@H]1CC[C@H](C(=O)O)O1. The average Bonchev–Trinajstić information content (AvgIpc) is 3.12. The average molecular weight is 360 g/mol. The Balaban J connectivity index is 1.57. The molecule has 1 saturated heterocycles. The maximum absolute atomic E-state index is 14.1. The van der Waals surface area contributed by atoms with Crippen molar-refractivity contribution in [1.82, 2.24) is 4.98 Å². The van der Waals surface area contributed by atoms with Crippen LogP contribution in [0, 0.1) is 5.82 Å². The quantitative estimate of drug-likeness (QED) is 0.821. The highest BCUT2D eigenvalue weighted by Crippen LogP contribution is 2.24. The van der Waals surface area contributed by atoms with Crippen molar-refractivity contribution in [2.75, 3.05) is 5.32 Å². The van der Waals surface area contributed by atoms with E-state index in [9.17, 15) is 14.0 Å². The molecular formula is C18H17FN2O5. The van der Waals surface area contributed by atoms with Gasteiger partial charge in [-0.1, -0.05) is 6.07 Å². The van der Waals surface area contributed by atoms with Gasteiger partial charge in [0.1, 0.15) is 12.7 Å². The minimum atomic E-state index is -1.10. The van der Waals surface area contributed by atoms with Gasteiger partial charge >= 0.3 is 5.97 Å². The first kappa shape index (κ1) is 17.8. The third-order valence-electron chi connectivity index (χ3n) is 3.89. The molecular weight excluding hydrogens is 343 g/mol. The number of aliphatic carboxylic acids is 1. The Morgan fingerprint density at radius 1 is 1.27 bits per heavy atom. The van der Waals surface area contributed by atoms with Crippen LogP contribution in [0.15, 0.2) is 42.6 Å². The molecule has 0 radical (unpaired) electrons. The molecule has 1 fully saturated rings. The van der Waals surface area contributed by atoms with Crippen LogP contribution in [0.1, 0.15) is 18.5 Å². The van der Waals surface area contributed by atoms with Gasteiger partial charge < -0.3 is 19.9 Å². The number of rotatable bonds is 6. The summed E-state index contributed by atoms with van der Waals surface area (Å²) >= 11 is 0. The molecule has 1 amide bonds. The van der Waals surface area contributed by atoms with Crippen molar-refractivity contribution in [2.45, 2.75) is 31.7 Å². The monoisotopic (exact) mass is 360 g/mol. The number of halogens is 1. The summed E-state index contributed by atoms with van der Waals surface area (Å²) in [4.78, 5) is 27.0. The van der Waals surface area contributed by atoms with E-state index in [1.165, 1.54) is 12.1 Å². The van der Waals surface area contributed by atoms with Gasteiger partial charge in [0.25, 0.3) is 5.91 Å². The predicted molar refractivity (Wildman–Crippen MR) is 89.1 cm³/mol. The summed E-state index contributed by atoms with van der Waals surface area (Å²) in [5.41, 5.74) is 0.899. The lowest BCUT2D eigenvalue weighted by molar-refractivity contribution is -0.150. The fourth-order valence-electron chi connectivity index (χ4n) is 2.57. The zero-order valence-corrected chi connectivity index (χ0v) is 13.7. The topological polar surface area (TPSA) is 97.8 Å². The van der Waals surface area contributed by atoms with Crippen LogP contribution in [0.3, 0.4) is 0 Å². The zero-order valence-electron chi connectivity index (χ0n) is 13.7. The van der Waals surface area contributed by atoms with Crippen molar-refractivity contribution in [1.29, 1.82) is 0 Å². The maximum Gasteiger partial charge on any atom is 0.332 e. The molecule has 1 aromatic heterocycles. The van der Waals surface area contributed by atoms with Gasteiger partial charge in [0.2, 0.25) is 0 Å². The zero-order chi connectivity index (χ0) is 18.5. The van der Waals surface area contributed by atoms with Crippen LogP contribution in [-0.2, 0) is 20.9 Å². The second-order valence-corrected chi connectivity index (χ2v) is 5.77. The third-order valence-corrected chi connectivity index (χ3v) is 3.89. The summed E-state index contributed by atoms with van der Waals surface area (Å²) in [6, 6.07) is 9.38. The van der Waals surface area contributed by atoms with E-state index in [-0.39, 0.29) is 24.5 Å². The van der Waals surface area contributed by atoms with Crippen LogP contribution in [0.2, 0.25) is 0 Å². The third kappa shape index (κ3) is 4.34. The first-order valence-corrected chi connectivity index (χ1v) is 8.04. The molecule has 7 nitrogen and oxygen atoms in total. The number of hydrogen-bond acceptors (Lipinski definition) is 5. The Kier molecular flexibility index (Phi) is 5.43. The molecule has 8 heteroatoms. The minimum Gasteiger partial charge on any atom is -0.484 e. The van der Waals surface area contributed by atoms with Crippen molar-refractivity contribution >= 4 is 17.6 Å². The van der Waals surface area contributed by atoms with E-state index in [0.29, 0.717) is 12.1 Å². The number of amides is 1. The van der Waals surface area contributed by atoms with Crippen LogP contribution in [0.25, 0.3) is 0 Å². The van der Waals surface area contributed by atoms with E-state index in [4.69, 9.17) is 14.6 Å². The Bertz CT molecular complexity index is 799. The van der Waals surface area contributed by atoms with E-state index >= 15 is 0 Å². The number of carboxylic acids is 1. The Morgan fingerprint density at radius 3 is 2.73 bits per heavy atom.